The number of nitrogens with one attached hydrogen (secondary N) is 1. The van der Waals surface area contributed by atoms with E-state index in [-0.39, 0.29) is 12.6 Å². The molecule has 0 aliphatic heterocycles. The number of ether oxygens (including phenoxy) is 1. The molecule has 0 aromatic carbocycles. The van der Waals surface area contributed by atoms with Crippen molar-refractivity contribution in [3.05, 3.63) is 17.0 Å². The topological polar surface area (TPSA) is 98.5 Å². The molecule has 0 heterocycles. The fraction of sp³-hybridized carbons (Fsp3) is 0.727. The molecule has 1 aliphatic carbocycles. The number of esters is 1. The molecule has 7 nitrogen and oxygen atoms in total. The second-order valence-electron chi connectivity index (χ2n) is 4.20. The third-order valence-corrected chi connectivity index (χ3v) is 2.88. The summed E-state index contributed by atoms with van der Waals surface area (Å²) >= 11 is 0. The smallest absolute Gasteiger partial charge is 0.395 e. The van der Waals surface area contributed by atoms with Crippen LogP contribution in [0.1, 0.15) is 32.1 Å². The van der Waals surface area contributed by atoms with E-state index in [1.165, 1.54) is 0 Å². The third kappa shape index (κ3) is 3.90. The van der Waals surface area contributed by atoms with Crippen molar-refractivity contribution in [2.45, 2.75) is 44.2 Å². The van der Waals surface area contributed by atoms with E-state index in [0.717, 1.165) is 32.1 Å². The van der Waals surface area contributed by atoms with Gasteiger partial charge in [0, 0.05) is 11.0 Å². The summed E-state index contributed by atoms with van der Waals surface area (Å²) in [6, 6.07) is -2.07. The lowest BCUT2D eigenvalue weighted by Gasteiger charge is -2.22. The van der Waals surface area contributed by atoms with Crippen LogP contribution in [0.2, 0.25) is 0 Å². The van der Waals surface area contributed by atoms with Gasteiger partial charge in [0.15, 0.2) is 0 Å². The number of hydrogen-bond donors (Lipinski definition) is 1. The Hall–Kier alpha value is -1.79. The van der Waals surface area contributed by atoms with Crippen LogP contribution in [0.5, 0.6) is 0 Å². The highest BCUT2D eigenvalue weighted by atomic mass is 16.6. The number of hydrogen-bond acceptors (Lipinski definition) is 5. The van der Waals surface area contributed by atoms with Gasteiger partial charge in [0.05, 0.1) is 0 Å². The van der Waals surface area contributed by atoms with Crippen molar-refractivity contribution in [1.82, 2.24) is 5.32 Å². The van der Waals surface area contributed by atoms with E-state index in [1.54, 1.807) is 0 Å². The molecule has 0 bridgehead atoms. The molecule has 0 radical (unpaired) electrons. The minimum atomic E-state index is -1.99. The quantitative estimate of drug-likeness (QED) is 0.253. The highest BCUT2D eigenvalue weighted by Gasteiger charge is 2.40. The molecule has 0 aromatic heterocycles. The van der Waals surface area contributed by atoms with Gasteiger partial charge in [0.1, 0.15) is 6.92 Å². The minimum Gasteiger partial charge on any atom is -0.418 e. The van der Waals surface area contributed by atoms with Gasteiger partial charge in [-0.3, -0.25) is 14.9 Å². The summed E-state index contributed by atoms with van der Waals surface area (Å²) in [7, 11) is 0. The lowest BCUT2D eigenvalue weighted by atomic mass is 9.95. The fourth-order valence-corrected chi connectivity index (χ4v) is 2.00. The van der Waals surface area contributed by atoms with Crippen LogP contribution in [0.15, 0.2) is 0 Å². The number of nitro groups is 1. The molecule has 0 saturated heterocycles. The highest BCUT2D eigenvalue weighted by molar-refractivity contribution is 6.00. The average Bonchev–Trinajstić information content (AvgIpc) is 2.30. The first-order valence-electron chi connectivity index (χ1n) is 5.96. The Morgan fingerprint density at radius 3 is 2.50 bits per heavy atom. The first-order valence-corrected chi connectivity index (χ1v) is 5.96. The molecule has 0 aromatic rings. The first-order chi connectivity index (χ1) is 8.56. The van der Waals surface area contributed by atoms with E-state index in [2.05, 4.69) is 17.0 Å². The summed E-state index contributed by atoms with van der Waals surface area (Å²) in [6.45, 7) is 3.01. The summed E-state index contributed by atoms with van der Waals surface area (Å²) in [6.07, 6.45) is 4.66. The van der Waals surface area contributed by atoms with Crippen LogP contribution in [0.3, 0.4) is 0 Å². The Morgan fingerprint density at radius 1 is 1.39 bits per heavy atom. The molecule has 1 amide bonds. The Kier molecular flexibility index (Phi) is 5.41. The molecule has 1 aliphatic rings. The second kappa shape index (κ2) is 6.83. The van der Waals surface area contributed by atoms with Crippen molar-refractivity contribution in [3.8, 4) is 0 Å². The lowest BCUT2D eigenvalue weighted by molar-refractivity contribution is -0.496. The van der Waals surface area contributed by atoms with E-state index in [9.17, 15) is 19.7 Å². The normalized spacial score (nSPS) is 17.8. The molecule has 1 fully saturated rings. The largest absolute Gasteiger partial charge is 0.418 e. The van der Waals surface area contributed by atoms with Crippen molar-refractivity contribution in [3.63, 3.8) is 0 Å². The zero-order valence-corrected chi connectivity index (χ0v) is 10.1. The molecule has 1 rings (SSSR count). The zero-order chi connectivity index (χ0) is 13.5. The molecule has 7 heteroatoms. The van der Waals surface area contributed by atoms with Gasteiger partial charge in [-0.15, -0.1) is 0 Å². The molecular weight excluding hydrogens is 240 g/mol. The van der Waals surface area contributed by atoms with Crippen LogP contribution in [0.25, 0.3) is 0 Å². The minimum absolute atomic E-state index is 0.0822. The maximum Gasteiger partial charge on any atom is 0.395 e. The Balaban J connectivity index is 2.58. The van der Waals surface area contributed by atoms with Crippen LogP contribution in [-0.4, -0.2) is 35.5 Å². The SMILES string of the molecule is [CH2+]COC(=O)C(C(=O)NC1CCCCC1)[N+](=O)[O-]. The molecule has 18 heavy (non-hydrogen) atoms. The van der Waals surface area contributed by atoms with E-state index in [1.807, 2.05) is 0 Å². The molecule has 1 unspecified atom stereocenters. The molecular formula is C11H17N2O5+. The predicted molar refractivity (Wildman–Crippen MR) is 62.1 cm³/mol. The number of carbonyl (C=O) groups excluding carboxylic acids is 2. The van der Waals surface area contributed by atoms with Crippen LogP contribution in [0.4, 0.5) is 0 Å². The molecule has 0 spiro atoms. The lowest BCUT2D eigenvalue weighted by Crippen LogP contribution is -2.49. The number of amides is 1. The van der Waals surface area contributed by atoms with Gasteiger partial charge >= 0.3 is 17.9 Å². The van der Waals surface area contributed by atoms with Crippen LogP contribution in [0, 0.1) is 17.0 Å². The maximum absolute atomic E-state index is 11.7. The average molecular weight is 257 g/mol. The zero-order valence-electron chi connectivity index (χ0n) is 10.1. The summed E-state index contributed by atoms with van der Waals surface area (Å²) in [5, 5.41) is 13.3. The molecule has 1 atom stereocenters. The predicted octanol–water partition coefficient (Wildman–Crippen LogP) is 0.458. The number of nitrogens with zero attached hydrogens (tertiary/aromatic N) is 1. The van der Waals surface area contributed by atoms with Gasteiger partial charge in [-0.2, -0.15) is 0 Å². The van der Waals surface area contributed by atoms with Crippen molar-refractivity contribution in [2.24, 2.45) is 0 Å². The summed E-state index contributed by atoms with van der Waals surface area (Å²) < 4.78 is 4.42. The Labute approximate surface area is 105 Å². The monoisotopic (exact) mass is 257 g/mol. The van der Waals surface area contributed by atoms with E-state index in [0.29, 0.717) is 0 Å². The van der Waals surface area contributed by atoms with Gasteiger partial charge < -0.3 is 10.1 Å². The second-order valence-corrected chi connectivity index (χ2v) is 4.20. The highest BCUT2D eigenvalue weighted by Crippen LogP contribution is 2.17. The molecule has 1 N–H and O–H groups in total. The van der Waals surface area contributed by atoms with E-state index in [4.69, 9.17) is 0 Å². The third-order valence-electron chi connectivity index (χ3n) is 2.88. The van der Waals surface area contributed by atoms with Crippen molar-refractivity contribution in [2.75, 3.05) is 6.61 Å². The van der Waals surface area contributed by atoms with Crippen LogP contribution in [-0.2, 0) is 14.3 Å². The standard InChI is InChI=1S/C11H16N2O5/c1-2-18-11(15)9(13(16)17)10(14)12-8-6-4-3-5-7-8/h8-9H,1-7H2/p+1. The first kappa shape index (κ1) is 14.3. The molecule has 1 saturated carbocycles. The van der Waals surface area contributed by atoms with Gasteiger partial charge in [-0.05, 0) is 12.8 Å². The molecule has 100 valence electrons. The fourth-order valence-electron chi connectivity index (χ4n) is 2.00. The maximum atomic E-state index is 11.7. The summed E-state index contributed by atoms with van der Waals surface area (Å²) in [4.78, 5) is 32.8. The Bertz CT molecular complexity index is 325. The van der Waals surface area contributed by atoms with Gasteiger partial charge in [0.25, 0.3) is 0 Å². The van der Waals surface area contributed by atoms with Gasteiger partial charge in [0.2, 0.25) is 6.61 Å². The summed E-state index contributed by atoms with van der Waals surface area (Å²) in [5.74, 6) is -2.06. The Morgan fingerprint density at radius 2 is 2.00 bits per heavy atom. The van der Waals surface area contributed by atoms with Crippen molar-refractivity contribution < 1.29 is 19.2 Å². The van der Waals surface area contributed by atoms with Crippen LogP contribution >= 0.6 is 0 Å². The van der Waals surface area contributed by atoms with Crippen molar-refractivity contribution in [1.29, 1.82) is 0 Å². The van der Waals surface area contributed by atoms with E-state index >= 15 is 0 Å². The number of carbonyl (C=O) groups is 2. The van der Waals surface area contributed by atoms with E-state index < -0.39 is 22.8 Å². The van der Waals surface area contributed by atoms with Gasteiger partial charge in [-0.25, -0.2) is 4.79 Å². The van der Waals surface area contributed by atoms with Crippen molar-refractivity contribution >= 4 is 11.9 Å². The van der Waals surface area contributed by atoms with Crippen LogP contribution < -0.4 is 5.32 Å². The van der Waals surface area contributed by atoms with Gasteiger partial charge in [-0.1, -0.05) is 19.3 Å². The summed E-state index contributed by atoms with van der Waals surface area (Å²) in [5.41, 5.74) is 0. The number of rotatable bonds is 5.